The van der Waals surface area contributed by atoms with Crippen LogP contribution in [-0.2, 0) is 23.7 Å². The summed E-state index contributed by atoms with van der Waals surface area (Å²) in [5.74, 6) is -4.68. The number of esters is 2. The zero-order valence-electron chi connectivity index (χ0n) is 35.4. The van der Waals surface area contributed by atoms with Gasteiger partial charge in [-0.15, -0.1) is 0 Å². The monoisotopic (exact) mass is 810 g/mol. The van der Waals surface area contributed by atoms with Crippen molar-refractivity contribution < 1.29 is 58.7 Å². The number of likely N-dealkylation sites (N-methyl/N-ethyl adjacent to an activating group) is 1. The fourth-order valence-electron chi connectivity index (χ4n) is 8.22. The van der Waals surface area contributed by atoms with Crippen molar-refractivity contribution in [3.8, 4) is 0 Å². The number of nitrogens with zero attached hydrogens (tertiary/aromatic N) is 3. The highest BCUT2D eigenvalue weighted by molar-refractivity contribution is 5.90. The number of benzene rings is 1. The molecule has 2 fully saturated rings. The van der Waals surface area contributed by atoms with Crippen LogP contribution in [-0.4, -0.2) is 146 Å². The van der Waals surface area contributed by atoms with E-state index in [-0.39, 0.29) is 48.8 Å². The van der Waals surface area contributed by atoms with E-state index in [1.807, 2.05) is 25.9 Å². The van der Waals surface area contributed by atoms with Crippen LogP contribution in [0.25, 0.3) is 0 Å². The van der Waals surface area contributed by atoms with Crippen LogP contribution >= 0.6 is 0 Å². The standard InChI is InChI=1S/C40H66N4O13/c1-13-30-40(10,51)33(46)26(8)43(38(49)41-21(2)3)20-22(4)19-39(9,50)34(57-37-31(45)29(42(11)12)18-23(5)54-37)24(6)32(25(7)35(47)55-30)56-36(48)27-14-16-28(17-15-27)44(52)53/h14-17,21-26,29-34,37,45-46,50-51H,13,18-20H2,1-12H3,(H,41,49)/t22-,23-,24+,25-,26-,29+,30-,31-,32?,33-,34-,37+,39?,40-/m1/s1. The third-order valence-corrected chi connectivity index (χ3v) is 11.4. The van der Waals surface area contributed by atoms with Crippen LogP contribution in [0.4, 0.5) is 10.5 Å². The molecule has 0 radical (unpaired) electrons. The van der Waals surface area contributed by atoms with E-state index in [0.717, 1.165) is 12.1 Å². The second-order valence-electron chi connectivity index (χ2n) is 17.1. The first kappa shape index (κ1) is 47.9. The Balaban J connectivity index is 2.24. The largest absolute Gasteiger partial charge is 0.459 e. The molecule has 57 heavy (non-hydrogen) atoms. The fraction of sp³-hybridized carbons (Fsp3) is 0.775. The van der Waals surface area contributed by atoms with Crippen LogP contribution in [0, 0.1) is 27.9 Å². The minimum Gasteiger partial charge on any atom is -0.459 e. The summed E-state index contributed by atoms with van der Waals surface area (Å²) in [5.41, 5.74) is -4.21. The normalized spacial score (nSPS) is 37.5. The van der Waals surface area contributed by atoms with E-state index in [0.29, 0.717) is 6.42 Å². The van der Waals surface area contributed by atoms with E-state index in [4.69, 9.17) is 18.9 Å². The SMILES string of the molecule is CC[C@H]1OC(=O)[C@H](C)C(OC(=O)c2ccc([N+](=O)[O-])cc2)[C@H](C)[C@@H](O[C@@H]2O[C@H](C)C[C@H](N(C)C)[C@H]2O)C(C)(O)C[C@@H](C)CN(C(=O)NC(C)C)[C@H](C)[C@@H](O)[C@]1(C)O. The van der Waals surface area contributed by atoms with Crippen molar-refractivity contribution in [1.82, 2.24) is 15.1 Å². The maximum Gasteiger partial charge on any atom is 0.338 e. The Morgan fingerprint density at radius 3 is 2.21 bits per heavy atom. The molecule has 2 amide bonds. The molecule has 2 unspecified atom stereocenters. The summed E-state index contributed by atoms with van der Waals surface area (Å²) in [5, 5.41) is 61.8. The maximum absolute atomic E-state index is 14.2. The Morgan fingerprint density at radius 1 is 1.09 bits per heavy atom. The van der Waals surface area contributed by atoms with Crippen molar-refractivity contribution in [2.45, 2.75) is 161 Å². The Bertz CT molecular complexity index is 1520. The van der Waals surface area contributed by atoms with Gasteiger partial charge in [-0.05, 0) is 99.9 Å². The number of nitrogens with one attached hydrogen (secondary N) is 1. The van der Waals surface area contributed by atoms with E-state index >= 15 is 0 Å². The summed E-state index contributed by atoms with van der Waals surface area (Å²) in [6, 6.07) is 2.52. The smallest absolute Gasteiger partial charge is 0.338 e. The first-order valence-corrected chi connectivity index (χ1v) is 19.8. The zero-order chi connectivity index (χ0) is 43.3. The second-order valence-corrected chi connectivity index (χ2v) is 17.1. The molecule has 0 aliphatic carbocycles. The number of aliphatic hydroxyl groups excluding tert-OH is 2. The number of hydrogen-bond acceptors (Lipinski definition) is 14. The van der Waals surface area contributed by atoms with Gasteiger partial charge >= 0.3 is 18.0 Å². The van der Waals surface area contributed by atoms with Crippen molar-refractivity contribution >= 4 is 23.7 Å². The number of cyclic esters (lactones) is 1. The minimum absolute atomic E-state index is 0.00204. The average molecular weight is 811 g/mol. The average Bonchev–Trinajstić information content (AvgIpc) is 3.12. The van der Waals surface area contributed by atoms with Crippen molar-refractivity contribution in [3.63, 3.8) is 0 Å². The van der Waals surface area contributed by atoms with E-state index < -0.39 is 94.7 Å². The predicted octanol–water partition coefficient (Wildman–Crippen LogP) is 3.24. The lowest BCUT2D eigenvalue weighted by molar-refractivity contribution is -0.384. The Hall–Kier alpha value is -3.45. The number of urea groups is 1. The third kappa shape index (κ3) is 11.6. The first-order chi connectivity index (χ1) is 26.3. The molecule has 2 saturated heterocycles. The van der Waals surface area contributed by atoms with Gasteiger partial charge in [-0.1, -0.05) is 20.8 Å². The molecule has 1 aromatic carbocycles. The van der Waals surface area contributed by atoms with Gasteiger partial charge in [-0.3, -0.25) is 14.9 Å². The van der Waals surface area contributed by atoms with Crippen LogP contribution < -0.4 is 5.32 Å². The molecule has 5 N–H and O–H groups in total. The summed E-state index contributed by atoms with van der Waals surface area (Å²) in [4.78, 5) is 55.6. The molecule has 2 aliphatic heterocycles. The van der Waals surface area contributed by atoms with Crippen LogP contribution in [0.3, 0.4) is 0 Å². The molecule has 0 saturated carbocycles. The number of aliphatic hydroxyl groups is 4. The van der Waals surface area contributed by atoms with Gasteiger partial charge in [0.25, 0.3) is 5.69 Å². The number of nitro benzene ring substituents is 1. The first-order valence-electron chi connectivity index (χ1n) is 19.8. The van der Waals surface area contributed by atoms with Gasteiger partial charge in [0.1, 0.15) is 30.0 Å². The number of carbonyl (C=O) groups excluding carboxylic acids is 3. The van der Waals surface area contributed by atoms with Crippen LogP contribution in [0.15, 0.2) is 24.3 Å². The number of nitro groups is 1. The number of non-ortho nitro benzene ring substituents is 1. The predicted molar refractivity (Wildman–Crippen MR) is 209 cm³/mol. The molecule has 3 rings (SSSR count). The van der Waals surface area contributed by atoms with Gasteiger partial charge in [0.05, 0.1) is 40.3 Å². The molecule has 324 valence electrons. The molecule has 1 aromatic rings. The van der Waals surface area contributed by atoms with Crippen LogP contribution in [0.2, 0.25) is 0 Å². The van der Waals surface area contributed by atoms with Gasteiger partial charge in [-0.2, -0.15) is 0 Å². The van der Waals surface area contributed by atoms with E-state index in [1.165, 1.54) is 37.8 Å². The molecule has 0 aromatic heterocycles. The number of ether oxygens (including phenoxy) is 4. The molecule has 14 atom stereocenters. The van der Waals surface area contributed by atoms with Crippen LogP contribution in [0.1, 0.15) is 98.9 Å². The van der Waals surface area contributed by atoms with Crippen LogP contribution in [0.5, 0.6) is 0 Å². The van der Waals surface area contributed by atoms with Gasteiger partial charge in [0, 0.05) is 36.7 Å². The minimum atomic E-state index is -2.08. The summed E-state index contributed by atoms with van der Waals surface area (Å²) < 4.78 is 24.7. The van der Waals surface area contributed by atoms with Gasteiger partial charge in [0.2, 0.25) is 0 Å². The van der Waals surface area contributed by atoms with Crippen molar-refractivity contribution in [3.05, 3.63) is 39.9 Å². The lowest BCUT2D eigenvalue weighted by Gasteiger charge is -2.47. The second kappa shape index (κ2) is 19.5. The molecular weight excluding hydrogens is 744 g/mol. The van der Waals surface area contributed by atoms with E-state index in [1.54, 1.807) is 41.5 Å². The summed E-state index contributed by atoms with van der Waals surface area (Å²) in [6.45, 7) is 16.3. The van der Waals surface area contributed by atoms with Crippen molar-refractivity contribution in [1.29, 1.82) is 0 Å². The van der Waals surface area contributed by atoms with Gasteiger partial charge < -0.3 is 54.5 Å². The number of carbonyl (C=O) groups is 3. The summed E-state index contributed by atoms with van der Waals surface area (Å²) in [6.07, 6.45) is -7.95. The lowest BCUT2D eigenvalue weighted by Crippen LogP contribution is -2.62. The topological polar surface area (TPSA) is 231 Å². The number of amides is 2. The molecule has 0 spiro atoms. The van der Waals surface area contributed by atoms with Gasteiger partial charge in [-0.25, -0.2) is 9.59 Å². The molecule has 2 heterocycles. The van der Waals surface area contributed by atoms with E-state index in [2.05, 4.69) is 5.32 Å². The lowest BCUT2D eigenvalue weighted by atomic mass is 9.77. The highest BCUT2D eigenvalue weighted by Gasteiger charge is 2.51. The Morgan fingerprint density at radius 2 is 1.68 bits per heavy atom. The molecule has 17 nitrogen and oxygen atoms in total. The van der Waals surface area contributed by atoms with Gasteiger partial charge in [0.15, 0.2) is 6.29 Å². The number of rotatable bonds is 8. The highest BCUT2D eigenvalue weighted by Crippen LogP contribution is 2.38. The van der Waals surface area contributed by atoms with Crippen molar-refractivity contribution in [2.75, 3.05) is 20.6 Å². The fourth-order valence-corrected chi connectivity index (χ4v) is 8.22. The van der Waals surface area contributed by atoms with Crippen molar-refractivity contribution in [2.24, 2.45) is 17.8 Å². The summed E-state index contributed by atoms with van der Waals surface area (Å²) >= 11 is 0. The zero-order valence-corrected chi connectivity index (χ0v) is 35.4. The highest BCUT2D eigenvalue weighted by atomic mass is 16.7. The number of hydrogen-bond donors (Lipinski definition) is 5. The Labute approximate surface area is 336 Å². The third-order valence-electron chi connectivity index (χ3n) is 11.4. The quantitative estimate of drug-likeness (QED) is 0.144. The Kier molecular flexibility index (Phi) is 16.4. The molecule has 0 bridgehead atoms. The summed E-state index contributed by atoms with van der Waals surface area (Å²) in [7, 11) is 3.63. The molecular formula is C40H66N4O13. The van der Waals surface area contributed by atoms with E-state index in [9.17, 15) is 44.9 Å². The maximum atomic E-state index is 14.2. The molecule has 17 heteroatoms. The molecule has 2 aliphatic rings.